The zero-order chi connectivity index (χ0) is 13.4. The van der Waals surface area contributed by atoms with E-state index in [0.717, 1.165) is 28.6 Å². The maximum Gasteiger partial charge on any atom is 0.335 e. The van der Waals surface area contributed by atoms with Crippen molar-refractivity contribution in [2.45, 2.75) is 33.4 Å². The lowest BCUT2D eigenvalue weighted by Crippen LogP contribution is -1.99. The molecule has 4 heteroatoms. The zero-order valence-electron chi connectivity index (χ0n) is 10.8. The number of carbonyl (C=O) groups is 1. The molecule has 2 aromatic rings. The molecule has 0 spiro atoms. The molecule has 0 saturated carbocycles. The van der Waals surface area contributed by atoms with E-state index in [1.807, 2.05) is 24.6 Å². The van der Waals surface area contributed by atoms with E-state index in [4.69, 9.17) is 5.11 Å². The fourth-order valence-electron chi connectivity index (χ4n) is 2.39. The van der Waals surface area contributed by atoms with Gasteiger partial charge in [0, 0.05) is 23.7 Å². The molecule has 1 aromatic carbocycles. The topological polar surface area (TPSA) is 62.5 Å². The van der Waals surface area contributed by atoms with E-state index >= 15 is 0 Å². The minimum Gasteiger partial charge on any atom is -0.478 e. The molecule has 0 aliphatic heterocycles. The van der Waals surface area contributed by atoms with Crippen LogP contribution in [0.15, 0.2) is 18.3 Å². The van der Waals surface area contributed by atoms with Gasteiger partial charge < -0.3 is 14.8 Å². The number of benzene rings is 1. The molecule has 2 N–H and O–H groups in total. The summed E-state index contributed by atoms with van der Waals surface area (Å²) in [5.41, 5.74) is 2.95. The monoisotopic (exact) mass is 247 g/mol. The standard InChI is InChI=1S/C14H17NO3/c1-4-15-7-12(9(3)16)11-6-10(14(17)18)5-8(2)13(11)15/h5-7,9,16H,4H2,1-3H3,(H,17,18). The fraction of sp³-hybridized carbons (Fsp3) is 0.357. The third-order valence-electron chi connectivity index (χ3n) is 3.23. The van der Waals surface area contributed by atoms with Gasteiger partial charge in [-0.25, -0.2) is 4.79 Å². The van der Waals surface area contributed by atoms with Gasteiger partial charge in [0.05, 0.1) is 17.2 Å². The lowest BCUT2D eigenvalue weighted by molar-refractivity contribution is 0.0697. The summed E-state index contributed by atoms with van der Waals surface area (Å²) in [6.07, 6.45) is 1.29. The number of hydrogen-bond donors (Lipinski definition) is 2. The van der Waals surface area contributed by atoms with E-state index < -0.39 is 12.1 Å². The van der Waals surface area contributed by atoms with Crippen molar-refractivity contribution in [1.82, 2.24) is 4.57 Å². The summed E-state index contributed by atoms with van der Waals surface area (Å²) in [7, 11) is 0. The van der Waals surface area contributed by atoms with Crippen LogP contribution in [0.3, 0.4) is 0 Å². The number of aromatic carboxylic acids is 1. The molecule has 0 bridgehead atoms. The molecule has 0 aliphatic rings. The maximum atomic E-state index is 11.1. The largest absolute Gasteiger partial charge is 0.478 e. The normalized spacial score (nSPS) is 12.9. The average molecular weight is 247 g/mol. The van der Waals surface area contributed by atoms with Crippen molar-refractivity contribution in [2.75, 3.05) is 0 Å². The Hall–Kier alpha value is -1.81. The smallest absolute Gasteiger partial charge is 0.335 e. The van der Waals surface area contributed by atoms with Gasteiger partial charge in [0.2, 0.25) is 0 Å². The Labute approximate surface area is 105 Å². The molecule has 0 saturated heterocycles. The van der Waals surface area contributed by atoms with Crippen molar-refractivity contribution in [3.63, 3.8) is 0 Å². The van der Waals surface area contributed by atoms with Gasteiger partial charge in [0.25, 0.3) is 0 Å². The lowest BCUT2D eigenvalue weighted by Gasteiger charge is -2.06. The van der Waals surface area contributed by atoms with Crippen molar-refractivity contribution in [3.8, 4) is 0 Å². The van der Waals surface area contributed by atoms with E-state index in [9.17, 15) is 9.90 Å². The molecule has 1 aromatic heterocycles. The second-order valence-corrected chi connectivity index (χ2v) is 4.54. The molecule has 96 valence electrons. The summed E-state index contributed by atoms with van der Waals surface area (Å²) < 4.78 is 2.04. The highest BCUT2D eigenvalue weighted by Crippen LogP contribution is 2.30. The first-order valence-corrected chi connectivity index (χ1v) is 6.00. The van der Waals surface area contributed by atoms with Crippen LogP contribution in [0.5, 0.6) is 0 Å². The molecule has 1 unspecified atom stereocenters. The van der Waals surface area contributed by atoms with E-state index in [0.29, 0.717) is 0 Å². The number of aliphatic hydroxyl groups excluding tert-OH is 1. The van der Waals surface area contributed by atoms with Crippen molar-refractivity contribution >= 4 is 16.9 Å². The number of rotatable bonds is 3. The summed E-state index contributed by atoms with van der Waals surface area (Å²) in [5, 5.41) is 19.7. The molecule has 0 fully saturated rings. The molecule has 0 aliphatic carbocycles. The number of carboxylic acid groups (broad SMARTS) is 1. The van der Waals surface area contributed by atoms with Crippen molar-refractivity contribution in [3.05, 3.63) is 35.0 Å². The summed E-state index contributed by atoms with van der Waals surface area (Å²) >= 11 is 0. The first-order chi connectivity index (χ1) is 8.45. The second kappa shape index (κ2) is 4.46. The highest BCUT2D eigenvalue weighted by Gasteiger charge is 2.16. The Balaban J connectivity index is 2.84. The summed E-state index contributed by atoms with van der Waals surface area (Å²) in [5.74, 6) is -0.944. The molecule has 0 amide bonds. The van der Waals surface area contributed by atoms with E-state index in [1.54, 1.807) is 19.1 Å². The van der Waals surface area contributed by atoms with E-state index in [-0.39, 0.29) is 5.56 Å². The van der Waals surface area contributed by atoms with Crippen LogP contribution in [0.25, 0.3) is 10.9 Å². The van der Waals surface area contributed by atoms with Crippen LogP contribution in [0.2, 0.25) is 0 Å². The average Bonchev–Trinajstić information content (AvgIpc) is 2.68. The minimum absolute atomic E-state index is 0.260. The first kappa shape index (κ1) is 12.6. The molecule has 2 rings (SSSR count). The van der Waals surface area contributed by atoms with Gasteiger partial charge >= 0.3 is 5.97 Å². The number of hydrogen-bond acceptors (Lipinski definition) is 2. The predicted molar refractivity (Wildman–Crippen MR) is 69.9 cm³/mol. The number of carboxylic acids is 1. The molecule has 18 heavy (non-hydrogen) atoms. The second-order valence-electron chi connectivity index (χ2n) is 4.54. The molecule has 0 radical (unpaired) electrons. The van der Waals surface area contributed by atoms with Gasteiger partial charge in [-0.1, -0.05) is 0 Å². The molecule has 1 atom stereocenters. The molecule has 1 heterocycles. The first-order valence-electron chi connectivity index (χ1n) is 6.00. The number of aromatic nitrogens is 1. The number of aryl methyl sites for hydroxylation is 2. The lowest BCUT2D eigenvalue weighted by atomic mass is 10.0. The Morgan fingerprint density at radius 1 is 1.44 bits per heavy atom. The van der Waals surface area contributed by atoms with Crippen LogP contribution >= 0.6 is 0 Å². The Bertz CT molecular complexity index is 611. The van der Waals surface area contributed by atoms with Gasteiger partial charge in [-0.05, 0) is 38.5 Å². The van der Waals surface area contributed by atoms with Crippen LogP contribution in [0, 0.1) is 6.92 Å². The predicted octanol–water partition coefficient (Wildman–Crippen LogP) is 2.72. The number of fused-ring (bicyclic) bond motifs is 1. The fourth-order valence-corrected chi connectivity index (χ4v) is 2.39. The number of nitrogens with zero attached hydrogens (tertiary/aromatic N) is 1. The van der Waals surface area contributed by atoms with Crippen LogP contribution in [-0.4, -0.2) is 20.7 Å². The molecule has 4 nitrogen and oxygen atoms in total. The third-order valence-corrected chi connectivity index (χ3v) is 3.23. The SMILES string of the molecule is CCn1cc(C(C)O)c2cc(C(=O)O)cc(C)c21. The highest BCUT2D eigenvalue weighted by molar-refractivity contribution is 5.96. The Kier molecular flexibility index (Phi) is 3.13. The van der Waals surface area contributed by atoms with Crippen LogP contribution in [0.1, 0.15) is 41.4 Å². The van der Waals surface area contributed by atoms with Crippen LogP contribution in [0.4, 0.5) is 0 Å². The third kappa shape index (κ3) is 1.88. The minimum atomic E-state index is -0.944. The van der Waals surface area contributed by atoms with Crippen LogP contribution < -0.4 is 0 Å². The number of aliphatic hydroxyl groups is 1. The summed E-state index contributed by atoms with van der Waals surface area (Å²) in [6, 6.07) is 3.31. The Morgan fingerprint density at radius 3 is 2.61 bits per heavy atom. The van der Waals surface area contributed by atoms with Gasteiger partial charge in [-0.2, -0.15) is 0 Å². The van der Waals surface area contributed by atoms with Crippen LogP contribution in [-0.2, 0) is 6.54 Å². The van der Waals surface area contributed by atoms with Gasteiger partial charge in [-0.15, -0.1) is 0 Å². The van der Waals surface area contributed by atoms with Crippen molar-refractivity contribution < 1.29 is 15.0 Å². The van der Waals surface area contributed by atoms with Gasteiger partial charge in [0.15, 0.2) is 0 Å². The van der Waals surface area contributed by atoms with Crippen molar-refractivity contribution in [2.24, 2.45) is 0 Å². The highest BCUT2D eigenvalue weighted by atomic mass is 16.4. The Morgan fingerprint density at radius 2 is 2.11 bits per heavy atom. The summed E-state index contributed by atoms with van der Waals surface area (Å²) in [6.45, 7) is 6.40. The molecular formula is C14H17NO3. The van der Waals surface area contributed by atoms with E-state index in [2.05, 4.69) is 0 Å². The van der Waals surface area contributed by atoms with E-state index in [1.165, 1.54) is 0 Å². The molecular weight excluding hydrogens is 230 g/mol. The zero-order valence-corrected chi connectivity index (χ0v) is 10.8. The quantitative estimate of drug-likeness (QED) is 0.876. The van der Waals surface area contributed by atoms with Crippen molar-refractivity contribution in [1.29, 1.82) is 0 Å². The maximum absolute atomic E-state index is 11.1. The van der Waals surface area contributed by atoms with Gasteiger partial charge in [0.1, 0.15) is 0 Å². The summed E-state index contributed by atoms with van der Waals surface area (Å²) in [4.78, 5) is 11.1. The van der Waals surface area contributed by atoms with Gasteiger partial charge in [-0.3, -0.25) is 0 Å².